The van der Waals surface area contributed by atoms with Gasteiger partial charge in [-0.3, -0.25) is 34.2 Å². The van der Waals surface area contributed by atoms with Crippen LogP contribution in [-0.2, 0) is 14.4 Å². The molecular formula is C21H25ClN4O6. The Balaban J connectivity index is 0.00000289. The molecule has 11 heteroatoms. The third-order valence-electron chi connectivity index (χ3n) is 5.99. The fraction of sp³-hybridized carbons (Fsp3) is 0.476. The number of nitrogens with two attached hydrogens (primary N) is 1. The van der Waals surface area contributed by atoms with Crippen LogP contribution in [0.25, 0.3) is 0 Å². The van der Waals surface area contributed by atoms with E-state index in [-0.39, 0.29) is 60.6 Å². The van der Waals surface area contributed by atoms with Crippen LogP contribution >= 0.6 is 12.4 Å². The number of hydrogen-bond acceptors (Lipinski definition) is 7. The standard InChI is InChI=1S/C21H24N4O6.ClH/c22-9-12-3-2-8-24(10-12)17(27)11-31-15-5-1-4-13-18(15)21(30)25(20(13)29)14-6-7-16(26)23-19(14)28;/h1,4-5,12,14H,2-3,6-11,22H2,(H,23,26,28);1H/t12-,14?;/m0./s1. The molecule has 2 saturated heterocycles. The van der Waals surface area contributed by atoms with Crippen molar-refractivity contribution in [1.29, 1.82) is 0 Å². The van der Waals surface area contributed by atoms with Crippen LogP contribution in [-0.4, -0.2) is 71.6 Å². The maximum Gasteiger partial charge on any atom is 0.266 e. The van der Waals surface area contributed by atoms with E-state index in [1.165, 1.54) is 12.1 Å². The molecule has 0 saturated carbocycles. The average molecular weight is 465 g/mol. The predicted octanol–water partition coefficient (Wildman–Crippen LogP) is 0.0857. The summed E-state index contributed by atoms with van der Waals surface area (Å²) in [6.07, 6.45) is 1.98. The number of fused-ring (bicyclic) bond motifs is 1. The maximum absolute atomic E-state index is 13.0. The molecule has 1 aromatic rings. The molecule has 3 heterocycles. The van der Waals surface area contributed by atoms with Crippen molar-refractivity contribution in [2.24, 2.45) is 11.7 Å². The molecule has 1 unspecified atom stereocenters. The van der Waals surface area contributed by atoms with Crippen molar-refractivity contribution in [1.82, 2.24) is 15.1 Å². The second-order valence-electron chi connectivity index (χ2n) is 8.00. The minimum absolute atomic E-state index is 0. The van der Waals surface area contributed by atoms with E-state index in [2.05, 4.69) is 5.32 Å². The average Bonchev–Trinajstić information content (AvgIpc) is 3.03. The number of benzene rings is 1. The van der Waals surface area contributed by atoms with E-state index in [1.54, 1.807) is 11.0 Å². The summed E-state index contributed by atoms with van der Waals surface area (Å²) in [5, 5.41) is 2.16. The van der Waals surface area contributed by atoms with E-state index >= 15 is 0 Å². The summed E-state index contributed by atoms with van der Waals surface area (Å²) < 4.78 is 5.65. The molecule has 3 aliphatic heterocycles. The van der Waals surface area contributed by atoms with Crippen LogP contribution in [0, 0.1) is 5.92 Å². The van der Waals surface area contributed by atoms with Gasteiger partial charge in [0.15, 0.2) is 6.61 Å². The lowest BCUT2D eigenvalue weighted by Gasteiger charge is -2.32. The number of imide groups is 2. The molecule has 2 fully saturated rings. The van der Waals surface area contributed by atoms with Gasteiger partial charge in [-0.25, -0.2) is 0 Å². The number of rotatable bonds is 5. The summed E-state index contributed by atoms with van der Waals surface area (Å²) in [7, 11) is 0. The highest BCUT2D eigenvalue weighted by Gasteiger charge is 2.46. The zero-order chi connectivity index (χ0) is 22.1. The van der Waals surface area contributed by atoms with Gasteiger partial charge in [-0.05, 0) is 43.9 Å². The molecular weight excluding hydrogens is 440 g/mol. The zero-order valence-corrected chi connectivity index (χ0v) is 18.2. The number of amides is 5. The number of halogens is 1. The summed E-state index contributed by atoms with van der Waals surface area (Å²) >= 11 is 0. The van der Waals surface area contributed by atoms with Gasteiger partial charge in [0.25, 0.3) is 17.7 Å². The molecule has 3 N–H and O–H groups in total. The first-order valence-electron chi connectivity index (χ1n) is 10.4. The second kappa shape index (κ2) is 9.66. The summed E-state index contributed by atoms with van der Waals surface area (Å²) in [5.74, 6) is -2.23. The quantitative estimate of drug-likeness (QED) is 0.588. The lowest BCUT2D eigenvalue weighted by molar-refractivity contribution is -0.136. The van der Waals surface area contributed by atoms with Gasteiger partial charge < -0.3 is 15.4 Å². The number of likely N-dealkylation sites (tertiary alicyclic amines) is 1. The third-order valence-corrected chi connectivity index (χ3v) is 5.99. The van der Waals surface area contributed by atoms with Crippen molar-refractivity contribution in [2.75, 3.05) is 26.2 Å². The number of nitrogens with zero attached hydrogens (tertiary/aromatic N) is 2. The molecule has 0 aliphatic carbocycles. The smallest absolute Gasteiger partial charge is 0.266 e. The van der Waals surface area contributed by atoms with Gasteiger partial charge in [-0.1, -0.05) is 6.07 Å². The highest BCUT2D eigenvalue weighted by molar-refractivity contribution is 6.24. The van der Waals surface area contributed by atoms with Crippen molar-refractivity contribution in [2.45, 2.75) is 31.7 Å². The normalized spacial score (nSPS) is 22.9. The van der Waals surface area contributed by atoms with Crippen LogP contribution in [0.15, 0.2) is 18.2 Å². The second-order valence-corrected chi connectivity index (χ2v) is 8.00. The van der Waals surface area contributed by atoms with Gasteiger partial charge in [-0.15, -0.1) is 12.4 Å². The highest BCUT2D eigenvalue weighted by Crippen LogP contribution is 2.33. The molecule has 0 aromatic heterocycles. The number of piperidine rings is 2. The van der Waals surface area contributed by atoms with Crippen LogP contribution in [0.1, 0.15) is 46.4 Å². The van der Waals surface area contributed by atoms with E-state index in [0.29, 0.717) is 19.6 Å². The van der Waals surface area contributed by atoms with Crippen LogP contribution in [0.3, 0.4) is 0 Å². The molecule has 0 bridgehead atoms. The van der Waals surface area contributed by atoms with E-state index in [4.69, 9.17) is 10.5 Å². The summed E-state index contributed by atoms with van der Waals surface area (Å²) in [6.45, 7) is 1.45. The monoisotopic (exact) mass is 464 g/mol. The number of hydrogen-bond donors (Lipinski definition) is 2. The lowest BCUT2D eigenvalue weighted by atomic mass is 9.98. The molecule has 0 spiro atoms. The summed E-state index contributed by atoms with van der Waals surface area (Å²) in [6, 6.07) is 3.50. The molecule has 1 aromatic carbocycles. The molecule has 4 rings (SSSR count). The van der Waals surface area contributed by atoms with Crippen molar-refractivity contribution in [3.63, 3.8) is 0 Å². The first kappa shape index (κ1) is 23.7. The number of carbonyl (C=O) groups is 5. The number of ether oxygens (including phenoxy) is 1. The maximum atomic E-state index is 13.0. The molecule has 10 nitrogen and oxygen atoms in total. The Hall–Kier alpha value is -2.98. The van der Waals surface area contributed by atoms with Gasteiger partial charge in [0, 0.05) is 19.5 Å². The van der Waals surface area contributed by atoms with Crippen molar-refractivity contribution in [3.8, 4) is 5.75 Å². The molecule has 2 atom stereocenters. The van der Waals surface area contributed by atoms with Crippen LogP contribution < -0.4 is 15.8 Å². The van der Waals surface area contributed by atoms with Crippen molar-refractivity contribution in [3.05, 3.63) is 29.3 Å². The van der Waals surface area contributed by atoms with E-state index in [1.807, 2.05) is 0 Å². The highest BCUT2D eigenvalue weighted by atomic mass is 35.5. The summed E-state index contributed by atoms with van der Waals surface area (Å²) in [5.41, 5.74) is 5.86. The minimum atomic E-state index is -1.05. The molecule has 172 valence electrons. The topological polar surface area (TPSA) is 139 Å². The third kappa shape index (κ3) is 4.33. The molecule has 32 heavy (non-hydrogen) atoms. The van der Waals surface area contributed by atoms with Gasteiger partial charge in [0.1, 0.15) is 11.8 Å². The Morgan fingerprint density at radius 2 is 1.94 bits per heavy atom. The van der Waals surface area contributed by atoms with Crippen LogP contribution in [0.5, 0.6) is 5.75 Å². The van der Waals surface area contributed by atoms with E-state index in [0.717, 1.165) is 17.7 Å². The van der Waals surface area contributed by atoms with Gasteiger partial charge in [-0.2, -0.15) is 0 Å². The summed E-state index contributed by atoms with van der Waals surface area (Å²) in [4.78, 5) is 64.6. The Labute approximate surface area is 190 Å². The Kier molecular flexibility index (Phi) is 7.15. The minimum Gasteiger partial charge on any atom is -0.483 e. The largest absolute Gasteiger partial charge is 0.483 e. The van der Waals surface area contributed by atoms with Crippen molar-refractivity contribution < 1.29 is 28.7 Å². The zero-order valence-electron chi connectivity index (χ0n) is 17.4. The van der Waals surface area contributed by atoms with Crippen LogP contribution in [0.4, 0.5) is 0 Å². The number of carbonyl (C=O) groups excluding carboxylic acids is 5. The predicted molar refractivity (Wildman–Crippen MR) is 114 cm³/mol. The van der Waals surface area contributed by atoms with Gasteiger partial charge >= 0.3 is 0 Å². The Bertz CT molecular complexity index is 968. The molecule has 5 amide bonds. The SMILES string of the molecule is Cl.NC[C@@H]1CCCN(C(=O)COc2cccc3c2C(=O)N(C2CCC(=O)NC2=O)C3=O)C1. The van der Waals surface area contributed by atoms with E-state index < -0.39 is 29.7 Å². The van der Waals surface area contributed by atoms with Gasteiger partial charge in [0.2, 0.25) is 11.8 Å². The Morgan fingerprint density at radius 1 is 1.16 bits per heavy atom. The molecule has 0 radical (unpaired) electrons. The van der Waals surface area contributed by atoms with Gasteiger partial charge in [0.05, 0.1) is 11.1 Å². The molecule has 3 aliphatic rings. The van der Waals surface area contributed by atoms with Crippen LogP contribution in [0.2, 0.25) is 0 Å². The number of nitrogens with one attached hydrogen (secondary N) is 1. The fourth-order valence-electron chi connectivity index (χ4n) is 4.32. The lowest BCUT2D eigenvalue weighted by Crippen LogP contribution is -2.54. The first-order valence-corrected chi connectivity index (χ1v) is 10.4. The fourth-order valence-corrected chi connectivity index (χ4v) is 4.32. The van der Waals surface area contributed by atoms with Crippen molar-refractivity contribution >= 4 is 41.9 Å². The Morgan fingerprint density at radius 3 is 2.66 bits per heavy atom. The van der Waals surface area contributed by atoms with E-state index in [9.17, 15) is 24.0 Å². The first-order chi connectivity index (χ1) is 14.9.